The lowest BCUT2D eigenvalue weighted by Crippen LogP contribution is -2.14. The van der Waals surface area contributed by atoms with E-state index in [-0.39, 0.29) is 0 Å². The molecular formula is C12H14BN. The van der Waals surface area contributed by atoms with Crippen molar-refractivity contribution < 1.29 is 0 Å². The highest BCUT2D eigenvalue weighted by Crippen LogP contribution is 2.14. The molecule has 1 nitrogen and oxygen atoms in total. The average Bonchev–Trinajstić information content (AvgIpc) is 2.19. The van der Waals surface area contributed by atoms with Gasteiger partial charge in [0.1, 0.15) is 7.85 Å². The highest BCUT2D eigenvalue weighted by molar-refractivity contribution is 6.33. The third kappa shape index (κ3) is 1.98. The molecule has 0 atom stereocenters. The van der Waals surface area contributed by atoms with Crippen LogP contribution in [0.2, 0.25) is 0 Å². The second-order valence-electron chi connectivity index (χ2n) is 3.31. The molecule has 2 radical (unpaired) electrons. The van der Waals surface area contributed by atoms with E-state index in [2.05, 4.69) is 19.9 Å². The van der Waals surface area contributed by atoms with E-state index in [1.54, 1.807) is 0 Å². The Balaban J connectivity index is 3.29. The van der Waals surface area contributed by atoms with E-state index in [1.807, 2.05) is 12.1 Å². The number of aryl methyl sites for hydroxylation is 1. The number of nitriles is 1. The maximum absolute atomic E-state index is 8.76. The first kappa shape index (κ1) is 10.9. The monoisotopic (exact) mass is 183 g/mol. The van der Waals surface area contributed by atoms with E-state index < -0.39 is 0 Å². The Morgan fingerprint density at radius 3 is 2.43 bits per heavy atom. The number of nitrogens with zero attached hydrogens (tertiary/aromatic N) is 1. The summed E-state index contributed by atoms with van der Waals surface area (Å²) >= 11 is 0. The van der Waals surface area contributed by atoms with E-state index in [4.69, 9.17) is 13.1 Å². The fraction of sp³-hybridized carbons (Fsp3) is 0.417. The quantitative estimate of drug-likeness (QED) is 0.654. The summed E-state index contributed by atoms with van der Waals surface area (Å²) < 4.78 is 0. The topological polar surface area (TPSA) is 23.8 Å². The number of rotatable bonds is 3. The molecule has 0 heterocycles. The summed E-state index contributed by atoms with van der Waals surface area (Å²) in [5.74, 6) is 0. The highest BCUT2D eigenvalue weighted by atomic mass is 14.2. The third-order valence-corrected chi connectivity index (χ3v) is 2.55. The zero-order valence-electron chi connectivity index (χ0n) is 8.80. The summed E-state index contributed by atoms with van der Waals surface area (Å²) in [5.41, 5.74) is 4.34. The molecule has 70 valence electrons. The van der Waals surface area contributed by atoms with Crippen LogP contribution in [-0.2, 0) is 19.3 Å². The fourth-order valence-electron chi connectivity index (χ4n) is 1.81. The molecule has 0 amide bonds. The molecule has 1 aromatic carbocycles. The lowest BCUT2D eigenvalue weighted by atomic mass is 9.83. The molecule has 0 N–H and O–H groups in total. The van der Waals surface area contributed by atoms with Gasteiger partial charge in [-0.25, -0.2) is 0 Å². The van der Waals surface area contributed by atoms with Gasteiger partial charge in [-0.05, 0) is 24.0 Å². The molecule has 0 aliphatic carbocycles. The van der Waals surface area contributed by atoms with Crippen LogP contribution in [0.3, 0.4) is 0 Å². The van der Waals surface area contributed by atoms with Gasteiger partial charge in [0.25, 0.3) is 0 Å². The maximum atomic E-state index is 8.76. The van der Waals surface area contributed by atoms with Gasteiger partial charge in [0.15, 0.2) is 0 Å². The van der Waals surface area contributed by atoms with Crippen molar-refractivity contribution in [1.29, 1.82) is 5.26 Å². The van der Waals surface area contributed by atoms with E-state index in [1.165, 1.54) is 5.56 Å². The molecular weight excluding hydrogens is 169 g/mol. The molecule has 0 bridgehead atoms. The molecule has 0 saturated heterocycles. The minimum absolute atomic E-state index is 0.470. The van der Waals surface area contributed by atoms with E-state index in [0.29, 0.717) is 6.42 Å². The molecule has 1 rings (SSSR count). The molecule has 0 aliphatic heterocycles. The molecule has 0 unspecified atom stereocenters. The number of hydrogen-bond donors (Lipinski definition) is 0. The fourth-order valence-corrected chi connectivity index (χ4v) is 1.81. The van der Waals surface area contributed by atoms with Crippen LogP contribution in [0, 0.1) is 11.3 Å². The summed E-state index contributed by atoms with van der Waals surface area (Å²) in [6.07, 6.45) is 2.33. The van der Waals surface area contributed by atoms with Crippen molar-refractivity contribution in [2.75, 3.05) is 0 Å². The van der Waals surface area contributed by atoms with E-state index in [9.17, 15) is 0 Å². The van der Waals surface area contributed by atoms with Gasteiger partial charge in [-0.15, -0.1) is 0 Å². The van der Waals surface area contributed by atoms with Crippen molar-refractivity contribution in [2.45, 2.75) is 33.1 Å². The molecule has 2 heteroatoms. The zero-order valence-corrected chi connectivity index (χ0v) is 8.80. The number of hydrogen-bond acceptors (Lipinski definition) is 1. The van der Waals surface area contributed by atoms with Gasteiger partial charge in [0, 0.05) is 0 Å². The van der Waals surface area contributed by atoms with Crippen LogP contribution in [-0.4, -0.2) is 7.85 Å². The minimum atomic E-state index is 0.470. The number of benzene rings is 1. The van der Waals surface area contributed by atoms with Crippen LogP contribution in [0.25, 0.3) is 0 Å². The Kier molecular flexibility index (Phi) is 3.77. The lowest BCUT2D eigenvalue weighted by molar-refractivity contribution is 1.03. The smallest absolute Gasteiger partial charge is 0.114 e. The Morgan fingerprint density at radius 1 is 1.21 bits per heavy atom. The largest absolute Gasteiger partial charge is 0.198 e. The van der Waals surface area contributed by atoms with Crippen molar-refractivity contribution in [3.63, 3.8) is 0 Å². The normalized spacial score (nSPS) is 9.79. The van der Waals surface area contributed by atoms with Gasteiger partial charge in [-0.2, -0.15) is 5.26 Å². The average molecular weight is 183 g/mol. The van der Waals surface area contributed by atoms with E-state index >= 15 is 0 Å². The van der Waals surface area contributed by atoms with Crippen molar-refractivity contribution >= 4 is 13.3 Å². The zero-order chi connectivity index (χ0) is 10.6. The molecule has 1 aromatic rings. The summed E-state index contributed by atoms with van der Waals surface area (Å²) in [6.45, 7) is 4.18. The van der Waals surface area contributed by atoms with Crippen molar-refractivity contribution in [2.24, 2.45) is 0 Å². The Bertz CT molecular complexity index is 363. The van der Waals surface area contributed by atoms with Gasteiger partial charge in [-0.3, -0.25) is 0 Å². The van der Waals surface area contributed by atoms with Crippen molar-refractivity contribution in [3.05, 3.63) is 28.8 Å². The Hall–Kier alpha value is -1.23. The first-order chi connectivity index (χ1) is 6.74. The van der Waals surface area contributed by atoms with Gasteiger partial charge in [-0.1, -0.05) is 37.0 Å². The third-order valence-electron chi connectivity index (χ3n) is 2.55. The SMILES string of the molecule is [B]c1ccc(CC)c(CC#N)c1CC. The van der Waals surface area contributed by atoms with Gasteiger partial charge < -0.3 is 0 Å². The molecule has 0 aromatic heterocycles. The van der Waals surface area contributed by atoms with Gasteiger partial charge in [0.2, 0.25) is 0 Å². The molecule has 0 aliphatic rings. The Labute approximate surface area is 87.2 Å². The molecule has 0 fully saturated rings. The van der Waals surface area contributed by atoms with Crippen LogP contribution in [0.1, 0.15) is 30.5 Å². The van der Waals surface area contributed by atoms with Crippen LogP contribution in [0.5, 0.6) is 0 Å². The predicted molar refractivity (Wildman–Crippen MR) is 59.9 cm³/mol. The Morgan fingerprint density at radius 2 is 1.93 bits per heavy atom. The van der Waals surface area contributed by atoms with Crippen LogP contribution in [0.4, 0.5) is 0 Å². The molecule has 14 heavy (non-hydrogen) atoms. The second-order valence-corrected chi connectivity index (χ2v) is 3.31. The van der Waals surface area contributed by atoms with Crippen LogP contribution < -0.4 is 5.46 Å². The van der Waals surface area contributed by atoms with Crippen molar-refractivity contribution in [1.82, 2.24) is 0 Å². The summed E-state index contributed by atoms with van der Waals surface area (Å²) in [5, 5.41) is 8.76. The summed E-state index contributed by atoms with van der Waals surface area (Å²) in [7, 11) is 5.88. The standard InChI is InChI=1S/C12H14BN/c1-3-9-5-6-12(13)10(4-2)11(9)7-8-14/h5-6H,3-4,7H2,1-2H3. The van der Waals surface area contributed by atoms with Crippen LogP contribution in [0.15, 0.2) is 12.1 Å². The molecule has 0 spiro atoms. The summed E-state index contributed by atoms with van der Waals surface area (Å²) in [4.78, 5) is 0. The lowest BCUT2D eigenvalue weighted by Gasteiger charge is -2.13. The minimum Gasteiger partial charge on any atom is -0.198 e. The van der Waals surface area contributed by atoms with Gasteiger partial charge >= 0.3 is 0 Å². The molecule has 0 saturated carbocycles. The second kappa shape index (κ2) is 4.86. The maximum Gasteiger partial charge on any atom is 0.114 e. The van der Waals surface area contributed by atoms with Crippen molar-refractivity contribution in [3.8, 4) is 6.07 Å². The van der Waals surface area contributed by atoms with Crippen LogP contribution >= 0.6 is 0 Å². The first-order valence-corrected chi connectivity index (χ1v) is 5.00. The summed E-state index contributed by atoms with van der Waals surface area (Å²) in [6, 6.07) is 6.18. The predicted octanol–water partition coefficient (Wildman–Crippen LogP) is 1.67. The van der Waals surface area contributed by atoms with E-state index in [0.717, 1.165) is 29.4 Å². The highest BCUT2D eigenvalue weighted by Gasteiger charge is 2.07. The first-order valence-electron chi connectivity index (χ1n) is 5.00. The van der Waals surface area contributed by atoms with Gasteiger partial charge in [0.05, 0.1) is 12.5 Å².